The monoisotopic (exact) mass is 350 g/mol. The van der Waals surface area contributed by atoms with E-state index in [1.165, 1.54) is 16.8 Å². The van der Waals surface area contributed by atoms with E-state index in [2.05, 4.69) is 19.6 Å². The van der Waals surface area contributed by atoms with Crippen molar-refractivity contribution in [3.8, 4) is 0 Å². The zero-order chi connectivity index (χ0) is 7.82. The maximum absolute atomic E-state index is 10.5. The number of rotatable bonds is 5. The van der Waals surface area contributed by atoms with E-state index in [1.54, 1.807) is 0 Å². The van der Waals surface area contributed by atoms with Gasteiger partial charge in [-0.05, 0) is 0 Å². The van der Waals surface area contributed by atoms with Gasteiger partial charge in [0.25, 0.3) is 0 Å². The molecule has 0 N–H and O–H groups in total. The van der Waals surface area contributed by atoms with Gasteiger partial charge in [0.05, 0.1) is 0 Å². The Hall–Kier alpha value is 0.755. The van der Waals surface area contributed by atoms with Crippen LogP contribution in [0.4, 0.5) is 0 Å². The quantitative estimate of drug-likeness (QED) is 0.465. The van der Waals surface area contributed by atoms with Crippen LogP contribution in [0.25, 0.3) is 0 Å². The molecule has 0 saturated carbocycles. The van der Waals surface area contributed by atoms with Crippen LogP contribution < -0.4 is 0 Å². The van der Waals surface area contributed by atoms with E-state index in [0.717, 1.165) is 0 Å². The van der Waals surface area contributed by atoms with Crippen LogP contribution in [-0.4, -0.2) is 11.7 Å². The zero-order valence-corrected chi connectivity index (χ0v) is 12.7. The molecule has 0 bridgehead atoms. The predicted octanol–water partition coefficient (Wildman–Crippen LogP) is 1.68. The molecule has 0 rings (SSSR count). The molecule has 0 aliphatic rings. The van der Waals surface area contributed by atoms with E-state index < -0.39 is 25.0 Å². The number of hydrogen-bond donors (Lipinski definition) is 1. The van der Waals surface area contributed by atoms with Gasteiger partial charge in [-0.3, -0.25) is 0 Å². The average molecular weight is 349 g/mol. The van der Waals surface area contributed by atoms with Gasteiger partial charge in [0.2, 0.25) is 0 Å². The number of thiol groups is 1. The second kappa shape index (κ2) is 7.86. The summed E-state index contributed by atoms with van der Waals surface area (Å²) in [6, 6.07) is 0. The van der Waals surface area contributed by atoms with Crippen LogP contribution in [0.3, 0.4) is 0 Å². The molecule has 4 heteroatoms. The minimum atomic E-state index is -1.22. The van der Waals surface area contributed by atoms with Crippen molar-refractivity contribution in [2.45, 2.75) is 23.7 Å². The second-order valence-corrected chi connectivity index (χ2v) is 7.86. The summed E-state index contributed by atoms with van der Waals surface area (Å²) in [7, 11) is 0. The molecule has 0 aromatic carbocycles. The molecule has 0 heterocycles. The Morgan fingerprint density at radius 1 is 1.70 bits per heavy atom. The zero-order valence-electron chi connectivity index (χ0n) is 6.30. The molecule has 0 aliphatic carbocycles. The molecule has 0 aliphatic heterocycles. The number of hydrogen-bond acceptors (Lipinski definition) is 3. The van der Waals surface area contributed by atoms with Gasteiger partial charge < -0.3 is 0 Å². The van der Waals surface area contributed by atoms with Gasteiger partial charge in [-0.2, -0.15) is 0 Å². The standard InChI is InChI=1S/C4H9.C2H4O2S.Hg/c1-3-4-2;3-2(4)1-5;/h1,3-4H2,2H3;5H,1H2,(H,3,4);/q;;+1/p-1. The molecule has 2 nitrogen and oxygen atoms in total. The van der Waals surface area contributed by atoms with Gasteiger partial charge in [0.15, 0.2) is 0 Å². The molecule has 0 aromatic heterocycles. The summed E-state index contributed by atoms with van der Waals surface area (Å²) < 4.78 is 6.19. The van der Waals surface area contributed by atoms with Crippen molar-refractivity contribution in [2.75, 3.05) is 5.75 Å². The third-order valence-corrected chi connectivity index (χ3v) is 6.51. The fourth-order valence-corrected chi connectivity index (χ4v) is 5.92. The Morgan fingerprint density at radius 3 is 2.90 bits per heavy atom. The summed E-state index contributed by atoms with van der Waals surface area (Å²) in [5.74, 6) is 0.118. The number of carbonyl (C=O) groups is 1. The third-order valence-electron chi connectivity index (χ3n) is 1.14. The first-order chi connectivity index (χ1) is 4.81. The fourth-order valence-electron chi connectivity index (χ4n) is 0.584. The van der Waals surface area contributed by atoms with Crippen molar-refractivity contribution < 1.29 is 32.5 Å². The van der Waals surface area contributed by atoms with Gasteiger partial charge in [-0.15, -0.1) is 0 Å². The molecular weight excluding hydrogens is 337 g/mol. The number of unbranched alkanes of at least 4 members (excludes halogenated alkanes) is 1. The summed E-state index contributed by atoms with van der Waals surface area (Å²) in [5, 5.41) is 0. The summed E-state index contributed by atoms with van der Waals surface area (Å²) in [6.07, 6.45) is 2.43. The third kappa shape index (κ3) is 6.87. The van der Waals surface area contributed by atoms with Crippen molar-refractivity contribution in [1.82, 2.24) is 0 Å². The van der Waals surface area contributed by atoms with Crippen LogP contribution in [-0.2, 0) is 32.5 Å². The van der Waals surface area contributed by atoms with Crippen LogP contribution in [0.15, 0.2) is 0 Å². The van der Waals surface area contributed by atoms with Crippen molar-refractivity contribution >= 4 is 18.6 Å². The van der Waals surface area contributed by atoms with Gasteiger partial charge in [-0.25, -0.2) is 0 Å². The molecule has 0 spiro atoms. The topological polar surface area (TPSA) is 26.3 Å². The van der Waals surface area contributed by atoms with Crippen molar-refractivity contribution in [2.24, 2.45) is 0 Å². The summed E-state index contributed by atoms with van der Waals surface area (Å²) in [6.45, 7) is 2.15. The molecule has 56 valence electrons. The van der Waals surface area contributed by atoms with Gasteiger partial charge in [0.1, 0.15) is 0 Å². The fraction of sp³-hybridized carbons (Fsp3) is 0.833. The molecule has 0 saturated heterocycles. The maximum atomic E-state index is 10.5. The van der Waals surface area contributed by atoms with E-state index in [-0.39, 0.29) is 11.7 Å². The second-order valence-electron chi connectivity index (χ2n) is 2.09. The van der Waals surface area contributed by atoms with Gasteiger partial charge in [-0.1, -0.05) is 0 Å². The van der Waals surface area contributed by atoms with Crippen LogP contribution in [0, 0.1) is 0 Å². The first kappa shape index (κ1) is 10.8. The number of carbonyl (C=O) groups excluding carboxylic acids is 1. The van der Waals surface area contributed by atoms with Gasteiger partial charge >= 0.3 is 80.5 Å². The minimum absolute atomic E-state index is 0.124. The van der Waals surface area contributed by atoms with E-state index in [0.29, 0.717) is 0 Å². The van der Waals surface area contributed by atoms with Crippen molar-refractivity contribution in [3.63, 3.8) is 0 Å². The Labute approximate surface area is 80.2 Å². The summed E-state index contributed by atoms with van der Waals surface area (Å²) in [5.41, 5.74) is 0. The molecule has 0 fully saturated rings. The molecule has 0 aromatic rings. The van der Waals surface area contributed by atoms with Gasteiger partial charge in [0, 0.05) is 0 Å². The van der Waals surface area contributed by atoms with E-state index in [4.69, 9.17) is 2.64 Å². The normalized spacial score (nSPS) is 8.60. The van der Waals surface area contributed by atoms with Crippen LogP contribution in [0.5, 0.6) is 0 Å². The Kier molecular flexibility index (Phi) is 8.45. The van der Waals surface area contributed by atoms with Crippen molar-refractivity contribution in [3.05, 3.63) is 0 Å². The molecule has 0 radical (unpaired) electrons. The molecule has 0 atom stereocenters. The molecule has 10 heavy (non-hydrogen) atoms. The predicted molar refractivity (Wildman–Crippen MR) is 39.7 cm³/mol. The molecule has 0 unspecified atom stereocenters. The van der Waals surface area contributed by atoms with Crippen LogP contribution >= 0.6 is 12.6 Å². The van der Waals surface area contributed by atoms with E-state index in [9.17, 15) is 4.79 Å². The first-order valence-corrected chi connectivity index (χ1v) is 10.3. The van der Waals surface area contributed by atoms with E-state index >= 15 is 0 Å². The molecular formula is C6H12HgO2S. The van der Waals surface area contributed by atoms with Crippen molar-refractivity contribution in [1.29, 1.82) is 0 Å². The van der Waals surface area contributed by atoms with Crippen LogP contribution in [0.2, 0.25) is 3.93 Å². The summed E-state index contributed by atoms with van der Waals surface area (Å²) >= 11 is 2.58. The molecule has 0 amide bonds. The summed E-state index contributed by atoms with van der Waals surface area (Å²) in [4.78, 5) is 10.5. The Bertz CT molecular complexity index is 97.7. The first-order valence-electron chi connectivity index (χ1n) is 3.57. The SMILES string of the molecule is CCC[CH2][Hg][O]C(=O)CS. The average Bonchev–Trinajstić information content (AvgIpc) is 1.98. The van der Waals surface area contributed by atoms with Crippen LogP contribution in [0.1, 0.15) is 19.8 Å². The Morgan fingerprint density at radius 2 is 2.40 bits per heavy atom. The van der Waals surface area contributed by atoms with E-state index in [1.807, 2.05) is 0 Å². The Balaban J connectivity index is 2.96.